The van der Waals surface area contributed by atoms with E-state index in [0.717, 1.165) is 28.9 Å². The fourth-order valence-electron chi connectivity index (χ4n) is 2.77. The Morgan fingerprint density at radius 1 is 1.07 bits per heavy atom. The molecule has 0 saturated carbocycles. The second-order valence-corrected chi connectivity index (χ2v) is 6.84. The third kappa shape index (κ3) is 5.60. The van der Waals surface area contributed by atoms with Crippen LogP contribution in [-0.4, -0.2) is 36.9 Å². The van der Waals surface area contributed by atoms with Crippen molar-refractivity contribution in [2.45, 2.75) is 26.8 Å². The standard InChI is InChI=1S/C21H25F2N3O2/c1-13-6-5-7-14(2)21(13)25-19(27)12-26(4)20(28)11-24-15(3)16-8-9-17(22)18(23)10-16/h5-10,15,24H,11-12H2,1-4H3,(H,25,27)/t15-/m1/s1. The van der Waals surface area contributed by atoms with Crippen LogP contribution in [0.25, 0.3) is 0 Å². The second-order valence-electron chi connectivity index (χ2n) is 6.84. The highest BCUT2D eigenvalue weighted by molar-refractivity contribution is 5.95. The first-order chi connectivity index (χ1) is 13.2. The summed E-state index contributed by atoms with van der Waals surface area (Å²) in [6.45, 7) is 5.43. The number of benzene rings is 2. The third-order valence-electron chi connectivity index (χ3n) is 4.56. The van der Waals surface area contributed by atoms with Crippen LogP contribution in [0.15, 0.2) is 36.4 Å². The van der Waals surface area contributed by atoms with Crippen molar-refractivity contribution in [1.29, 1.82) is 0 Å². The van der Waals surface area contributed by atoms with Crippen molar-refractivity contribution in [3.8, 4) is 0 Å². The molecule has 0 fully saturated rings. The number of nitrogens with zero attached hydrogens (tertiary/aromatic N) is 1. The molecule has 28 heavy (non-hydrogen) atoms. The first-order valence-electron chi connectivity index (χ1n) is 8.97. The number of likely N-dealkylation sites (N-methyl/N-ethyl adjacent to an activating group) is 1. The van der Waals surface area contributed by atoms with E-state index in [4.69, 9.17) is 0 Å². The van der Waals surface area contributed by atoms with Crippen molar-refractivity contribution in [2.24, 2.45) is 0 Å². The maximum atomic E-state index is 13.3. The van der Waals surface area contributed by atoms with Crippen LogP contribution in [0.5, 0.6) is 0 Å². The van der Waals surface area contributed by atoms with Gasteiger partial charge in [-0.1, -0.05) is 24.3 Å². The van der Waals surface area contributed by atoms with Gasteiger partial charge in [-0.05, 0) is 49.6 Å². The van der Waals surface area contributed by atoms with Crippen LogP contribution in [0.1, 0.15) is 29.7 Å². The van der Waals surface area contributed by atoms with E-state index in [1.165, 1.54) is 18.0 Å². The Balaban J connectivity index is 1.86. The smallest absolute Gasteiger partial charge is 0.243 e. The zero-order valence-corrected chi connectivity index (χ0v) is 16.5. The Kier molecular flexibility index (Phi) is 7.23. The minimum Gasteiger partial charge on any atom is -0.335 e. The summed E-state index contributed by atoms with van der Waals surface area (Å²) in [5.41, 5.74) is 3.18. The van der Waals surface area contributed by atoms with Crippen molar-refractivity contribution >= 4 is 17.5 Å². The summed E-state index contributed by atoms with van der Waals surface area (Å²) < 4.78 is 26.3. The van der Waals surface area contributed by atoms with Gasteiger partial charge < -0.3 is 15.5 Å². The highest BCUT2D eigenvalue weighted by Crippen LogP contribution is 2.19. The highest BCUT2D eigenvalue weighted by Gasteiger charge is 2.16. The van der Waals surface area contributed by atoms with Crippen molar-refractivity contribution in [1.82, 2.24) is 10.2 Å². The monoisotopic (exact) mass is 389 g/mol. The van der Waals surface area contributed by atoms with E-state index in [2.05, 4.69) is 10.6 Å². The molecule has 2 aromatic rings. The molecule has 7 heteroatoms. The number of aryl methyl sites for hydroxylation is 2. The van der Waals surface area contributed by atoms with Crippen LogP contribution in [0.2, 0.25) is 0 Å². The van der Waals surface area contributed by atoms with Crippen LogP contribution in [0.4, 0.5) is 14.5 Å². The molecule has 150 valence electrons. The van der Waals surface area contributed by atoms with E-state index < -0.39 is 11.6 Å². The molecule has 2 N–H and O–H groups in total. The molecule has 2 rings (SSSR count). The Labute approximate surface area is 163 Å². The Morgan fingerprint density at radius 2 is 1.71 bits per heavy atom. The van der Waals surface area contributed by atoms with E-state index in [-0.39, 0.29) is 30.9 Å². The average Bonchev–Trinajstić information content (AvgIpc) is 2.64. The normalized spacial score (nSPS) is 11.8. The number of hydrogen-bond acceptors (Lipinski definition) is 3. The van der Waals surface area contributed by atoms with Crippen LogP contribution in [0.3, 0.4) is 0 Å². The molecular formula is C21H25F2N3O2. The Hall–Kier alpha value is -2.80. The molecule has 0 aliphatic heterocycles. The maximum absolute atomic E-state index is 13.3. The molecular weight excluding hydrogens is 364 g/mol. The summed E-state index contributed by atoms with van der Waals surface area (Å²) in [6, 6.07) is 8.98. The predicted molar refractivity (Wildman–Crippen MR) is 105 cm³/mol. The van der Waals surface area contributed by atoms with Crippen molar-refractivity contribution in [2.75, 3.05) is 25.5 Å². The summed E-state index contributed by atoms with van der Waals surface area (Å²) in [4.78, 5) is 25.8. The molecule has 0 aromatic heterocycles. The quantitative estimate of drug-likeness (QED) is 0.764. The number of nitrogens with one attached hydrogen (secondary N) is 2. The first kappa shape index (κ1) is 21.5. The zero-order chi connectivity index (χ0) is 20.8. The van der Waals surface area contributed by atoms with Gasteiger partial charge in [-0.15, -0.1) is 0 Å². The molecule has 2 amide bonds. The van der Waals surface area contributed by atoms with Gasteiger partial charge >= 0.3 is 0 Å². The molecule has 0 saturated heterocycles. The number of rotatable bonds is 7. The van der Waals surface area contributed by atoms with Gasteiger partial charge in [0.1, 0.15) is 0 Å². The van der Waals surface area contributed by atoms with Gasteiger partial charge in [-0.25, -0.2) is 8.78 Å². The molecule has 0 bridgehead atoms. The highest BCUT2D eigenvalue weighted by atomic mass is 19.2. The van der Waals surface area contributed by atoms with Crippen LogP contribution < -0.4 is 10.6 Å². The van der Waals surface area contributed by atoms with Gasteiger partial charge in [0.15, 0.2) is 11.6 Å². The lowest BCUT2D eigenvalue weighted by Crippen LogP contribution is -2.40. The number of para-hydroxylation sites is 1. The molecule has 1 atom stereocenters. The molecule has 0 radical (unpaired) electrons. The van der Waals surface area contributed by atoms with Crippen LogP contribution in [0, 0.1) is 25.5 Å². The van der Waals surface area contributed by atoms with Crippen molar-refractivity contribution < 1.29 is 18.4 Å². The van der Waals surface area contributed by atoms with Gasteiger partial charge in [0.25, 0.3) is 0 Å². The van der Waals surface area contributed by atoms with Gasteiger partial charge in [-0.2, -0.15) is 0 Å². The van der Waals surface area contributed by atoms with Gasteiger partial charge in [-0.3, -0.25) is 9.59 Å². The van der Waals surface area contributed by atoms with Crippen LogP contribution >= 0.6 is 0 Å². The summed E-state index contributed by atoms with van der Waals surface area (Å²) in [6.07, 6.45) is 0. The lowest BCUT2D eigenvalue weighted by Gasteiger charge is -2.20. The first-order valence-corrected chi connectivity index (χ1v) is 8.97. The fraction of sp³-hybridized carbons (Fsp3) is 0.333. The van der Waals surface area contributed by atoms with E-state index in [1.807, 2.05) is 32.0 Å². The predicted octanol–water partition coefficient (Wildman–Crippen LogP) is 3.33. The number of halogens is 2. The number of anilines is 1. The molecule has 0 aliphatic rings. The molecule has 2 aromatic carbocycles. The topological polar surface area (TPSA) is 61.4 Å². The number of hydrogen-bond donors (Lipinski definition) is 2. The lowest BCUT2D eigenvalue weighted by atomic mass is 10.1. The molecule has 0 unspecified atom stereocenters. The van der Waals surface area contributed by atoms with Crippen LogP contribution in [-0.2, 0) is 9.59 Å². The lowest BCUT2D eigenvalue weighted by molar-refractivity contribution is -0.132. The van der Waals surface area contributed by atoms with E-state index in [1.54, 1.807) is 6.92 Å². The molecule has 5 nitrogen and oxygen atoms in total. The zero-order valence-electron chi connectivity index (χ0n) is 16.5. The van der Waals surface area contributed by atoms with E-state index in [0.29, 0.717) is 5.56 Å². The maximum Gasteiger partial charge on any atom is 0.243 e. The molecule has 0 aliphatic carbocycles. The van der Waals surface area contributed by atoms with Crippen molar-refractivity contribution in [3.05, 3.63) is 64.7 Å². The molecule has 0 spiro atoms. The minimum atomic E-state index is -0.933. The Morgan fingerprint density at radius 3 is 2.32 bits per heavy atom. The largest absolute Gasteiger partial charge is 0.335 e. The summed E-state index contributed by atoms with van der Waals surface area (Å²) in [5.74, 6) is -2.42. The third-order valence-corrected chi connectivity index (χ3v) is 4.56. The fourth-order valence-corrected chi connectivity index (χ4v) is 2.77. The van der Waals surface area contributed by atoms with Gasteiger partial charge in [0, 0.05) is 18.8 Å². The second kappa shape index (κ2) is 9.41. The van der Waals surface area contributed by atoms with Crippen molar-refractivity contribution in [3.63, 3.8) is 0 Å². The summed E-state index contributed by atoms with van der Waals surface area (Å²) in [7, 11) is 1.54. The minimum absolute atomic E-state index is 0.0344. The summed E-state index contributed by atoms with van der Waals surface area (Å²) in [5, 5.41) is 5.79. The van der Waals surface area contributed by atoms with Gasteiger partial charge in [0.2, 0.25) is 11.8 Å². The van der Waals surface area contributed by atoms with E-state index >= 15 is 0 Å². The van der Waals surface area contributed by atoms with Gasteiger partial charge in [0.05, 0.1) is 13.1 Å². The molecule has 0 heterocycles. The Bertz CT molecular complexity index is 850. The number of carbonyl (C=O) groups excluding carboxylic acids is 2. The average molecular weight is 389 g/mol. The summed E-state index contributed by atoms with van der Waals surface area (Å²) >= 11 is 0. The number of carbonyl (C=O) groups is 2. The SMILES string of the molecule is Cc1cccc(C)c1NC(=O)CN(C)C(=O)CN[C@H](C)c1ccc(F)c(F)c1. The number of amides is 2. The van der Waals surface area contributed by atoms with E-state index in [9.17, 15) is 18.4 Å².